The van der Waals surface area contributed by atoms with Crippen molar-refractivity contribution in [3.05, 3.63) is 29.8 Å². The molecular weight excluding hydrogens is 222 g/mol. The van der Waals surface area contributed by atoms with E-state index in [1.807, 2.05) is 7.05 Å². The van der Waals surface area contributed by atoms with Gasteiger partial charge < -0.3 is 5.32 Å². The fourth-order valence-electron chi connectivity index (χ4n) is 2.68. The summed E-state index contributed by atoms with van der Waals surface area (Å²) in [7, 11) is 1.88. The zero-order valence-electron chi connectivity index (χ0n) is 11.2. The van der Waals surface area contributed by atoms with Crippen LogP contribution in [0.25, 0.3) is 0 Å². The van der Waals surface area contributed by atoms with Crippen molar-refractivity contribution < 1.29 is 0 Å². The van der Waals surface area contributed by atoms with E-state index >= 15 is 0 Å². The van der Waals surface area contributed by atoms with E-state index in [9.17, 15) is 5.26 Å². The Balaban J connectivity index is 2.19. The third-order valence-electron chi connectivity index (χ3n) is 3.90. The van der Waals surface area contributed by atoms with Crippen molar-refractivity contribution >= 4 is 5.69 Å². The summed E-state index contributed by atoms with van der Waals surface area (Å²) in [6.07, 6.45) is 7.99. The Bertz CT molecular complexity index is 424. The zero-order chi connectivity index (χ0) is 13.0. The van der Waals surface area contributed by atoms with Crippen molar-refractivity contribution in [1.82, 2.24) is 4.90 Å². The number of nitrogens with zero attached hydrogens (tertiary/aromatic N) is 2. The molecular formula is C15H21N3. The average Bonchev–Trinajstić information content (AvgIpc) is 2.41. The van der Waals surface area contributed by atoms with Crippen molar-refractivity contribution in [1.29, 1.82) is 5.26 Å². The van der Waals surface area contributed by atoms with Crippen LogP contribution in [0.1, 0.15) is 37.7 Å². The molecule has 0 spiro atoms. The fraction of sp³-hybridized carbons (Fsp3) is 0.533. The molecule has 18 heavy (non-hydrogen) atoms. The molecule has 0 heterocycles. The van der Waals surface area contributed by atoms with Crippen LogP contribution in [0.5, 0.6) is 0 Å². The Kier molecular flexibility index (Phi) is 3.76. The van der Waals surface area contributed by atoms with E-state index in [1.54, 1.807) is 4.90 Å². The van der Waals surface area contributed by atoms with Gasteiger partial charge in [0.05, 0.1) is 0 Å². The minimum absolute atomic E-state index is 0.192. The topological polar surface area (TPSA) is 39.1 Å². The van der Waals surface area contributed by atoms with Gasteiger partial charge in [-0.3, -0.25) is 4.90 Å². The van der Waals surface area contributed by atoms with Gasteiger partial charge in [0.1, 0.15) is 5.66 Å². The molecule has 3 heteroatoms. The molecule has 1 aromatic rings. The van der Waals surface area contributed by atoms with Gasteiger partial charge in [-0.2, -0.15) is 5.26 Å². The van der Waals surface area contributed by atoms with Crippen molar-refractivity contribution in [3.8, 4) is 6.19 Å². The number of anilines is 1. The lowest BCUT2D eigenvalue weighted by Crippen LogP contribution is -2.51. The molecule has 0 atom stereocenters. The maximum atomic E-state index is 9.21. The Hall–Kier alpha value is -1.69. The molecule has 1 fully saturated rings. The van der Waals surface area contributed by atoms with Gasteiger partial charge in [-0.25, -0.2) is 0 Å². The molecule has 1 aliphatic rings. The molecule has 1 saturated carbocycles. The van der Waals surface area contributed by atoms with Crippen LogP contribution in [-0.4, -0.2) is 17.6 Å². The van der Waals surface area contributed by atoms with Crippen molar-refractivity contribution in [2.75, 3.05) is 12.4 Å². The van der Waals surface area contributed by atoms with Crippen LogP contribution in [0.4, 0.5) is 5.69 Å². The summed E-state index contributed by atoms with van der Waals surface area (Å²) in [6, 6.07) is 8.39. The number of hydrogen-bond donors (Lipinski definition) is 1. The van der Waals surface area contributed by atoms with Crippen LogP contribution in [0, 0.1) is 18.4 Å². The van der Waals surface area contributed by atoms with Gasteiger partial charge in [-0.15, -0.1) is 0 Å². The minimum atomic E-state index is -0.192. The molecule has 0 bridgehead atoms. The number of nitrogens with one attached hydrogen (secondary N) is 1. The predicted molar refractivity (Wildman–Crippen MR) is 74.0 cm³/mol. The Morgan fingerprint density at radius 1 is 1.17 bits per heavy atom. The zero-order valence-corrected chi connectivity index (χ0v) is 11.2. The summed E-state index contributed by atoms with van der Waals surface area (Å²) >= 11 is 0. The maximum Gasteiger partial charge on any atom is 0.181 e. The minimum Gasteiger partial charge on any atom is -0.362 e. The van der Waals surface area contributed by atoms with E-state index < -0.39 is 0 Å². The van der Waals surface area contributed by atoms with Gasteiger partial charge in [-0.1, -0.05) is 24.1 Å². The van der Waals surface area contributed by atoms with Gasteiger partial charge in [-0.05, 0) is 44.7 Å². The van der Waals surface area contributed by atoms with E-state index in [-0.39, 0.29) is 5.66 Å². The number of nitriles is 1. The Morgan fingerprint density at radius 2 is 1.78 bits per heavy atom. The van der Waals surface area contributed by atoms with Crippen LogP contribution in [0.3, 0.4) is 0 Å². The molecule has 3 nitrogen and oxygen atoms in total. The second kappa shape index (κ2) is 5.30. The Labute approximate surface area is 109 Å². The van der Waals surface area contributed by atoms with Crippen molar-refractivity contribution in [3.63, 3.8) is 0 Å². The van der Waals surface area contributed by atoms with Crippen molar-refractivity contribution in [2.24, 2.45) is 0 Å². The molecule has 1 N–H and O–H groups in total. The standard InChI is InChI=1S/C15H21N3/c1-13-6-8-14(9-7-13)17-15(18(2)12-16)10-4-3-5-11-15/h6-9,17H,3-5,10-11H2,1-2H3. The maximum absolute atomic E-state index is 9.21. The van der Waals surface area contributed by atoms with E-state index in [4.69, 9.17) is 0 Å². The first-order valence-corrected chi connectivity index (χ1v) is 6.65. The number of hydrogen-bond acceptors (Lipinski definition) is 3. The van der Waals surface area contributed by atoms with E-state index in [1.165, 1.54) is 24.8 Å². The van der Waals surface area contributed by atoms with Gasteiger partial charge in [0, 0.05) is 12.7 Å². The molecule has 0 radical (unpaired) electrons. The van der Waals surface area contributed by atoms with Crippen LogP contribution >= 0.6 is 0 Å². The SMILES string of the molecule is Cc1ccc(NC2(N(C)C#N)CCCCC2)cc1. The summed E-state index contributed by atoms with van der Waals surface area (Å²) in [5.41, 5.74) is 2.17. The monoisotopic (exact) mass is 243 g/mol. The first-order chi connectivity index (χ1) is 8.66. The van der Waals surface area contributed by atoms with E-state index in [0.717, 1.165) is 18.5 Å². The molecule has 96 valence electrons. The highest BCUT2D eigenvalue weighted by molar-refractivity contribution is 5.46. The van der Waals surface area contributed by atoms with Crippen LogP contribution in [-0.2, 0) is 0 Å². The lowest BCUT2D eigenvalue weighted by Gasteiger charge is -2.43. The highest BCUT2D eigenvalue weighted by Crippen LogP contribution is 2.33. The number of benzene rings is 1. The van der Waals surface area contributed by atoms with Gasteiger partial charge in [0.2, 0.25) is 0 Å². The fourth-order valence-corrected chi connectivity index (χ4v) is 2.68. The molecule has 0 aromatic heterocycles. The quantitative estimate of drug-likeness (QED) is 0.502. The van der Waals surface area contributed by atoms with E-state index in [2.05, 4.69) is 42.7 Å². The lowest BCUT2D eigenvalue weighted by atomic mass is 9.87. The summed E-state index contributed by atoms with van der Waals surface area (Å²) in [4.78, 5) is 1.78. The number of rotatable bonds is 3. The molecule has 1 aromatic carbocycles. The normalized spacial score (nSPS) is 17.8. The second-order valence-electron chi connectivity index (χ2n) is 5.24. The van der Waals surface area contributed by atoms with Gasteiger partial charge in [0.25, 0.3) is 0 Å². The van der Waals surface area contributed by atoms with Gasteiger partial charge >= 0.3 is 0 Å². The van der Waals surface area contributed by atoms with Crippen LogP contribution < -0.4 is 5.32 Å². The predicted octanol–water partition coefficient (Wildman–Crippen LogP) is 3.48. The third-order valence-corrected chi connectivity index (χ3v) is 3.90. The largest absolute Gasteiger partial charge is 0.362 e. The first-order valence-electron chi connectivity index (χ1n) is 6.65. The smallest absolute Gasteiger partial charge is 0.181 e. The summed E-state index contributed by atoms with van der Waals surface area (Å²) in [5.74, 6) is 0. The molecule has 0 saturated heterocycles. The average molecular weight is 243 g/mol. The van der Waals surface area contributed by atoms with E-state index in [0.29, 0.717) is 0 Å². The molecule has 0 amide bonds. The summed E-state index contributed by atoms with van der Waals surface area (Å²) in [6.45, 7) is 2.08. The Morgan fingerprint density at radius 3 is 2.33 bits per heavy atom. The highest BCUT2D eigenvalue weighted by Gasteiger charge is 2.35. The summed E-state index contributed by atoms with van der Waals surface area (Å²) < 4.78 is 0. The molecule has 0 aliphatic heterocycles. The molecule has 1 aliphatic carbocycles. The number of aryl methyl sites for hydroxylation is 1. The van der Waals surface area contributed by atoms with Crippen molar-refractivity contribution in [2.45, 2.75) is 44.7 Å². The molecule has 2 rings (SSSR count). The third kappa shape index (κ3) is 2.59. The van der Waals surface area contributed by atoms with Gasteiger partial charge in [0.15, 0.2) is 6.19 Å². The summed E-state index contributed by atoms with van der Waals surface area (Å²) in [5, 5.41) is 12.8. The highest BCUT2D eigenvalue weighted by atomic mass is 15.3. The first kappa shape index (κ1) is 12.8. The second-order valence-corrected chi connectivity index (χ2v) is 5.24. The lowest BCUT2D eigenvalue weighted by molar-refractivity contribution is 0.159. The molecule has 0 unspecified atom stereocenters. The van der Waals surface area contributed by atoms with Crippen LogP contribution in [0.2, 0.25) is 0 Å². The van der Waals surface area contributed by atoms with Crippen LogP contribution in [0.15, 0.2) is 24.3 Å².